The minimum absolute atomic E-state index is 0.0688. The van der Waals surface area contributed by atoms with Gasteiger partial charge in [0.05, 0.1) is 26.6 Å². The number of ether oxygens (including phenoxy) is 2. The molecule has 0 bridgehead atoms. The van der Waals surface area contributed by atoms with Crippen molar-refractivity contribution in [3.05, 3.63) is 47.5 Å². The molecule has 2 aromatic carbocycles. The lowest BCUT2D eigenvalue weighted by atomic mass is 10.2. The molecule has 114 valence electrons. The fourth-order valence-corrected chi connectivity index (χ4v) is 1.75. The number of phenolic OH excluding ortho intramolecular Hbond substituents is 2. The normalized spacial score (nSPS) is 11.2. The first kappa shape index (κ1) is 15.4. The number of phenols is 2. The molecule has 0 amide bonds. The Morgan fingerprint density at radius 3 is 1.55 bits per heavy atom. The van der Waals surface area contributed by atoms with Crippen molar-refractivity contribution in [3.8, 4) is 23.0 Å². The van der Waals surface area contributed by atoms with Crippen LogP contribution in [-0.2, 0) is 0 Å². The van der Waals surface area contributed by atoms with Crippen molar-refractivity contribution in [3.63, 3.8) is 0 Å². The molecule has 6 heteroatoms. The molecule has 6 nitrogen and oxygen atoms in total. The number of rotatable bonds is 5. The summed E-state index contributed by atoms with van der Waals surface area (Å²) >= 11 is 0. The third-order valence-electron chi connectivity index (χ3n) is 2.89. The van der Waals surface area contributed by atoms with Crippen LogP contribution in [0.2, 0.25) is 0 Å². The smallest absolute Gasteiger partial charge is 0.161 e. The predicted octanol–water partition coefficient (Wildman–Crippen LogP) is 2.57. The summed E-state index contributed by atoms with van der Waals surface area (Å²) in [6.45, 7) is 0. The van der Waals surface area contributed by atoms with Gasteiger partial charge in [-0.1, -0.05) is 0 Å². The second-order valence-corrected chi connectivity index (χ2v) is 4.35. The predicted molar refractivity (Wildman–Crippen MR) is 84.5 cm³/mol. The first-order chi connectivity index (χ1) is 10.6. The Bertz CT molecular complexity index is 650. The summed E-state index contributed by atoms with van der Waals surface area (Å²) < 4.78 is 10.0. The Hall–Kier alpha value is -3.02. The Kier molecular flexibility index (Phi) is 4.98. The van der Waals surface area contributed by atoms with Gasteiger partial charge in [-0.25, -0.2) is 0 Å². The highest BCUT2D eigenvalue weighted by Crippen LogP contribution is 2.26. The zero-order valence-electron chi connectivity index (χ0n) is 12.2. The van der Waals surface area contributed by atoms with E-state index in [0.717, 1.165) is 11.1 Å². The van der Waals surface area contributed by atoms with Crippen LogP contribution in [-0.4, -0.2) is 36.9 Å². The van der Waals surface area contributed by atoms with E-state index in [2.05, 4.69) is 10.2 Å². The molecule has 0 saturated heterocycles. The molecule has 0 unspecified atom stereocenters. The summed E-state index contributed by atoms with van der Waals surface area (Å²) in [6.07, 6.45) is 3.08. The quantitative estimate of drug-likeness (QED) is 0.656. The monoisotopic (exact) mass is 300 g/mol. The lowest BCUT2D eigenvalue weighted by molar-refractivity contribution is 0.373. The molecule has 2 N–H and O–H groups in total. The maximum atomic E-state index is 9.50. The minimum atomic E-state index is 0.0688. The van der Waals surface area contributed by atoms with Crippen LogP contribution >= 0.6 is 0 Å². The molecule has 0 aliphatic heterocycles. The van der Waals surface area contributed by atoms with Crippen LogP contribution in [0.1, 0.15) is 11.1 Å². The molecule has 0 fully saturated rings. The molecule has 0 spiro atoms. The van der Waals surface area contributed by atoms with E-state index in [1.165, 1.54) is 38.8 Å². The zero-order chi connectivity index (χ0) is 15.9. The van der Waals surface area contributed by atoms with Gasteiger partial charge in [0.25, 0.3) is 0 Å². The molecule has 0 heterocycles. The largest absolute Gasteiger partial charge is 0.504 e. The van der Waals surface area contributed by atoms with E-state index in [4.69, 9.17) is 9.47 Å². The van der Waals surface area contributed by atoms with Gasteiger partial charge in [0.15, 0.2) is 23.0 Å². The molecule has 2 aromatic rings. The van der Waals surface area contributed by atoms with Crippen molar-refractivity contribution in [2.45, 2.75) is 0 Å². The topological polar surface area (TPSA) is 83.6 Å². The average Bonchev–Trinajstić information content (AvgIpc) is 2.54. The number of benzene rings is 2. The van der Waals surface area contributed by atoms with Crippen molar-refractivity contribution in [1.82, 2.24) is 0 Å². The Morgan fingerprint density at radius 2 is 1.18 bits per heavy atom. The molecule has 22 heavy (non-hydrogen) atoms. The molecule has 0 saturated carbocycles. The minimum Gasteiger partial charge on any atom is -0.504 e. The summed E-state index contributed by atoms with van der Waals surface area (Å²) in [5.41, 5.74) is 1.49. The van der Waals surface area contributed by atoms with E-state index in [0.29, 0.717) is 11.5 Å². The lowest BCUT2D eigenvalue weighted by Crippen LogP contribution is -1.88. The van der Waals surface area contributed by atoms with Gasteiger partial charge in [0.1, 0.15) is 0 Å². The van der Waals surface area contributed by atoms with Crippen molar-refractivity contribution < 1.29 is 19.7 Å². The van der Waals surface area contributed by atoms with Crippen LogP contribution in [0.5, 0.6) is 23.0 Å². The molecule has 2 rings (SSSR count). The fourth-order valence-electron chi connectivity index (χ4n) is 1.75. The number of aromatic hydroxyl groups is 2. The third-order valence-corrected chi connectivity index (χ3v) is 2.89. The average molecular weight is 300 g/mol. The van der Waals surface area contributed by atoms with Gasteiger partial charge in [-0.2, -0.15) is 10.2 Å². The van der Waals surface area contributed by atoms with Crippen molar-refractivity contribution in [2.75, 3.05) is 14.2 Å². The maximum absolute atomic E-state index is 9.50. The first-order valence-electron chi connectivity index (χ1n) is 6.44. The second kappa shape index (κ2) is 7.12. The summed E-state index contributed by atoms with van der Waals surface area (Å²) in [5.74, 6) is 0.881. The van der Waals surface area contributed by atoms with Crippen molar-refractivity contribution in [1.29, 1.82) is 0 Å². The highest BCUT2D eigenvalue weighted by molar-refractivity contribution is 5.83. The standard InChI is InChI=1S/C16H16N2O4/c1-21-15-7-11(3-5-13(15)19)9-17-18-10-12-4-6-14(20)16(8-12)22-2/h3-10,19-20H,1-2H3/b17-9-,18-10+. The van der Waals surface area contributed by atoms with E-state index < -0.39 is 0 Å². The molecule has 0 aliphatic carbocycles. The number of hydrogen-bond donors (Lipinski definition) is 2. The SMILES string of the molecule is COc1cc(/C=N\N=C\c2ccc(O)c(OC)c2)ccc1O. The Balaban J connectivity index is 2.08. The summed E-state index contributed by atoms with van der Waals surface area (Å²) in [4.78, 5) is 0. The van der Waals surface area contributed by atoms with Gasteiger partial charge in [0.2, 0.25) is 0 Å². The van der Waals surface area contributed by atoms with Gasteiger partial charge < -0.3 is 19.7 Å². The maximum Gasteiger partial charge on any atom is 0.161 e. The van der Waals surface area contributed by atoms with E-state index in [1.54, 1.807) is 24.3 Å². The lowest BCUT2D eigenvalue weighted by Gasteiger charge is -2.03. The molecular formula is C16H16N2O4. The summed E-state index contributed by atoms with van der Waals surface area (Å²) in [6, 6.07) is 9.74. The van der Waals surface area contributed by atoms with Gasteiger partial charge in [-0.15, -0.1) is 0 Å². The number of nitrogens with zero attached hydrogens (tertiary/aromatic N) is 2. The molecule has 0 aliphatic rings. The van der Waals surface area contributed by atoms with Crippen LogP contribution < -0.4 is 9.47 Å². The molecule has 0 atom stereocenters. The van der Waals surface area contributed by atoms with E-state index in [1.807, 2.05) is 0 Å². The van der Waals surface area contributed by atoms with Crippen LogP contribution in [0.15, 0.2) is 46.6 Å². The van der Waals surface area contributed by atoms with E-state index >= 15 is 0 Å². The summed E-state index contributed by atoms with van der Waals surface area (Å²) in [5, 5.41) is 26.8. The van der Waals surface area contributed by atoms with Crippen molar-refractivity contribution >= 4 is 12.4 Å². The molecular weight excluding hydrogens is 284 g/mol. The van der Waals surface area contributed by atoms with Crippen LogP contribution in [0, 0.1) is 0 Å². The van der Waals surface area contributed by atoms with Gasteiger partial charge >= 0.3 is 0 Å². The van der Waals surface area contributed by atoms with Crippen LogP contribution in [0.25, 0.3) is 0 Å². The van der Waals surface area contributed by atoms with Gasteiger partial charge in [-0.05, 0) is 47.5 Å². The zero-order valence-corrected chi connectivity index (χ0v) is 12.2. The second-order valence-electron chi connectivity index (χ2n) is 4.35. The first-order valence-corrected chi connectivity index (χ1v) is 6.44. The summed E-state index contributed by atoms with van der Waals surface area (Å²) in [7, 11) is 2.96. The van der Waals surface area contributed by atoms with Crippen molar-refractivity contribution in [2.24, 2.45) is 10.2 Å². The highest BCUT2D eigenvalue weighted by atomic mass is 16.5. The molecule has 0 aromatic heterocycles. The Labute approximate surface area is 128 Å². The highest BCUT2D eigenvalue weighted by Gasteiger charge is 2.01. The fraction of sp³-hybridized carbons (Fsp3) is 0.125. The Morgan fingerprint density at radius 1 is 0.773 bits per heavy atom. The van der Waals surface area contributed by atoms with E-state index in [9.17, 15) is 10.2 Å². The number of methoxy groups -OCH3 is 2. The number of hydrogen-bond acceptors (Lipinski definition) is 6. The van der Waals surface area contributed by atoms with Crippen LogP contribution in [0.3, 0.4) is 0 Å². The third kappa shape index (κ3) is 3.76. The van der Waals surface area contributed by atoms with E-state index in [-0.39, 0.29) is 11.5 Å². The van der Waals surface area contributed by atoms with Gasteiger partial charge in [-0.3, -0.25) is 0 Å². The van der Waals surface area contributed by atoms with Crippen LogP contribution in [0.4, 0.5) is 0 Å². The van der Waals surface area contributed by atoms with Gasteiger partial charge in [0, 0.05) is 0 Å². The molecule has 0 radical (unpaired) electrons.